The van der Waals surface area contributed by atoms with Gasteiger partial charge in [0, 0.05) is 0 Å². The average molecular weight is 237 g/mol. The molecule has 0 aliphatic rings. The highest BCUT2D eigenvalue weighted by Crippen LogP contribution is 1.99. The number of carbonyl (C=O) groups excluding carboxylic acids is 1. The van der Waals surface area contributed by atoms with Crippen LogP contribution in [0, 0.1) is 0 Å². The van der Waals surface area contributed by atoms with Gasteiger partial charge in [-0.25, -0.2) is 0 Å². The van der Waals surface area contributed by atoms with Gasteiger partial charge in [0.2, 0.25) is 5.91 Å². The zero-order chi connectivity index (χ0) is 12.4. The first kappa shape index (κ1) is 14.8. The van der Waals surface area contributed by atoms with Crippen LogP contribution in [0.5, 0.6) is 0 Å². The molecule has 0 saturated carbocycles. The standard InChI is InChI=1S/C11H13NOS.C2H6/c1-2-11(14)12-10(13)8-9-6-4-3-5-7-9;1-2/h3-7H,2,8H2,1H3,(H,12,13,14);1-2H3. The predicted molar refractivity (Wildman–Crippen MR) is 72.5 cm³/mol. The van der Waals surface area contributed by atoms with E-state index in [1.54, 1.807) is 0 Å². The van der Waals surface area contributed by atoms with Gasteiger partial charge in [0.15, 0.2) is 0 Å². The number of hydrogen-bond acceptors (Lipinski definition) is 2. The van der Waals surface area contributed by atoms with Crippen LogP contribution in [0.25, 0.3) is 0 Å². The van der Waals surface area contributed by atoms with Gasteiger partial charge in [-0.1, -0.05) is 63.3 Å². The Morgan fingerprint density at radius 1 is 1.25 bits per heavy atom. The van der Waals surface area contributed by atoms with E-state index in [0.29, 0.717) is 17.8 Å². The third kappa shape index (κ3) is 6.30. The van der Waals surface area contributed by atoms with E-state index in [1.807, 2.05) is 51.1 Å². The summed E-state index contributed by atoms with van der Waals surface area (Å²) in [5.41, 5.74) is 1.00. The highest BCUT2D eigenvalue weighted by Gasteiger charge is 2.03. The minimum atomic E-state index is -0.0388. The molecule has 1 N–H and O–H groups in total. The lowest BCUT2D eigenvalue weighted by atomic mass is 10.1. The number of nitrogens with one attached hydrogen (secondary N) is 1. The Balaban J connectivity index is 0.00000106. The molecule has 0 heterocycles. The molecule has 2 nitrogen and oxygen atoms in total. The fourth-order valence-corrected chi connectivity index (χ4v) is 1.18. The van der Waals surface area contributed by atoms with E-state index in [-0.39, 0.29) is 5.91 Å². The molecule has 0 fully saturated rings. The summed E-state index contributed by atoms with van der Waals surface area (Å²) in [6, 6.07) is 9.61. The van der Waals surface area contributed by atoms with Crippen LogP contribution in [0.3, 0.4) is 0 Å². The molecule has 0 radical (unpaired) electrons. The fraction of sp³-hybridized carbons (Fsp3) is 0.385. The lowest BCUT2D eigenvalue weighted by Gasteiger charge is -2.03. The topological polar surface area (TPSA) is 29.1 Å². The van der Waals surface area contributed by atoms with Crippen molar-refractivity contribution in [3.8, 4) is 0 Å². The van der Waals surface area contributed by atoms with E-state index >= 15 is 0 Å². The summed E-state index contributed by atoms with van der Waals surface area (Å²) < 4.78 is 0. The van der Waals surface area contributed by atoms with Gasteiger partial charge in [-0.3, -0.25) is 4.79 Å². The average Bonchev–Trinajstić information content (AvgIpc) is 2.32. The van der Waals surface area contributed by atoms with Gasteiger partial charge in [0.05, 0.1) is 11.4 Å². The Kier molecular flexibility index (Phi) is 8.35. The van der Waals surface area contributed by atoms with Crippen LogP contribution in [-0.4, -0.2) is 10.9 Å². The van der Waals surface area contributed by atoms with Crippen molar-refractivity contribution in [2.24, 2.45) is 0 Å². The molecule has 0 atom stereocenters. The lowest BCUT2D eigenvalue weighted by molar-refractivity contribution is -0.119. The van der Waals surface area contributed by atoms with Crippen LogP contribution in [0.4, 0.5) is 0 Å². The number of rotatable bonds is 3. The maximum atomic E-state index is 11.4. The van der Waals surface area contributed by atoms with Gasteiger partial charge in [-0.2, -0.15) is 0 Å². The molecule has 0 spiro atoms. The van der Waals surface area contributed by atoms with Gasteiger partial charge in [0.25, 0.3) is 0 Å². The van der Waals surface area contributed by atoms with Gasteiger partial charge in [0.1, 0.15) is 0 Å². The number of thiocarbonyl (C=S) groups is 1. The van der Waals surface area contributed by atoms with Crippen molar-refractivity contribution in [1.29, 1.82) is 0 Å². The number of hydrogen-bond donors (Lipinski definition) is 1. The Hall–Kier alpha value is -1.22. The van der Waals surface area contributed by atoms with Crippen molar-refractivity contribution < 1.29 is 4.79 Å². The molecule has 0 unspecified atom stereocenters. The Morgan fingerprint density at radius 3 is 2.31 bits per heavy atom. The van der Waals surface area contributed by atoms with Crippen LogP contribution in [0.15, 0.2) is 30.3 Å². The largest absolute Gasteiger partial charge is 0.320 e. The molecule has 1 rings (SSSR count). The van der Waals surface area contributed by atoms with E-state index in [1.165, 1.54) is 0 Å². The van der Waals surface area contributed by atoms with Gasteiger partial charge in [-0.05, 0) is 12.0 Å². The second-order valence-corrected chi connectivity index (χ2v) is 3.48. The van der Waals surface area contributed by atoms with Crippen LogP contribution >= 0.6 is 12.2 Å². The molecule has 0 saturated heterocycles. The van der Waals surface area contributed by atoms with Crippen molar-refractivity contribution in [3.05, 3.63) is 35.9 Å². The van der Waals surface area contributed by atoms with E-state index in [0.717, 1.165) is 5.56 Å². The van der Waals surface area contributed by atoms with Crippen LogP contribution in [0.1, 0.15) is 32.8 Å². The second-order valence-electron chi connectivity index (χ2n) is 2.99. The van der Waals surface area contributed by atoms with Crippen molar-refractivity contribution in [1.82, 2.24) is 5.32 Å². The maximum Gasteiger partial charge on any atom is 0.229 e. The van der Waals surface area contributed by atoms with Crippen LogP contribution in [0.2, 0.25) is 0 Å². The third-order valence-corrected chi connectivity index (χ3v) is 2.20. The number of amides is 1. The zero-order valence-electron chi connectivity index (χ0n) is 10.1. The second kappa shape index (κ2) is 9.04. The minimum absolute atomic E-state index is 0.0388. The molecule has 88 valence electrons. The van der Waals surface area contributed by atoms with Crippen LogP contribution < -0.4 is 5.32 Å². The molecule has 0 aromatic heterocycles. The van der Waals surface area contributed by atoms with Gasteiger partial charge in [-0.15, -0.1) is 0 Å². The molecule has 3 heteroatoms. The Labute approximate surface area is 103 Å². The van der Waals surface area contributed by atoms with Crippen LogP contribution in [-0.2, 0) is 11.2 Å². The van der Waals surface area contributed by atoms with Gasteiger partial charge < -0.3 is 5.32 Å². The summed E-state index contributed by atoms with van der Waals surface area (Å²) in [4.78, 5) is 12.0. The van der Waals surface area contributed by atoms with Crippen molar-refractivity contribution in [3.63, 3.8) is 0 Å². The fourth-order valence-electron chi connectivity index (χ4n) is 1.07. The summed E-state index contributed by atoms with van der Waals surface area (Å²) in [7, 11) is 0. The van der Waals surface area contributed by atoms with Crippen molar-refractivity contribution >= 4 is 23.1 Å². The van der Waals surface area contributed by atoms with E-state index in [2.05, 4.69) is 5.32 Å². The maximum absolute atomic E-state index is 11.4. The van der Waals surface area contributed by atoms with Crippen molar-refractivity contribution in [2.75, 3.05) is 0 Å². The molecule has 1 aromatic rings. The first-order valence-corrected chi connectivity index (χ1v) is 5.99. The molecule has 1 amide bonds. The summed E-state index contributed by atoms with van der Waals surface area (Å²) in [5.74, 6) is -0.0388. The Bertz CT molecular complexity index is 322. The molecular weight excluding hydrogens is 218 g/mol. The smallest absolute Gasteiger partial charge is 0.229 e. The molecule has 1 aromatic carbocycles. The summed E-state index contributed by atoms with van der Waals surface area (Å²) in [6.45, 7) is 5.92. The quantitative estimate of drug-likeness (QED) is 0.818. The predicted octanol–water partition coefficient (Wildman–Crippen LogP) is 3.11. The first-order valence-electron chi connectivity index (χ1n) is 5.59. The highest BCUT2D eigenvalue weighted by molar-refractivity contribution is 7.80. The highest BCUT2D eigenvalue weighted by atomic mass is 32.1. The SMILES string of the molecule is CC.CCC(=S)NC(=O)Cc1ccccc1. The summed E-state index contributed by atoms with van der Waals surface area (Å²) in [6.07, 6.45) is 1.09. The Morgan fingerprint density at radius 2 is 1.81 bits per heavy atom. The number of benzene rings is 1. The normalized spacial score (nSPS) is 8.69. The molecule has 16 heavy (non-hydrogen) atoms. The summed E-state index contributed by atoms with van der Waals surface area (Å²) >= 11 is 4.92. The first-order chi connectivity index (χ1) is 7.72. The minimum Gasteiger partial charge on any atom is -0.320 e. The molecule has 0 aliphatic carbocycles. The van der Waals surface area contributed by atoms with Crippen molar-refractivity contribution in [2.45, 2.75) is 33.6 Å². The molecule has 0 aliphatic heterocycles. The molecule has 0 bridgehead atoms. The molecular formula is C13H19NOS. The zero-order valence-corrected chi connectivity index (χ0v) is 10.9. The monoisotopic (exact) mass is 237 g/mol. The third-order valence-electron chi connectivity index (χ3n) is 1.81. The summed E-state index contributed by atoms with van der Waals surface area (Å²) in [5, 5.41) is 2.67. The van der Waals surface area contributed by atoms with E-state index in [4.69, 9.17) is 12.2 Å². The lowest BCUT2D eigenvalue weighted by Crippen LogP contribution is -2.29. The number of carbonyl (C=O) groups is 1. The van der Waals surface area contributed by atoms with E-state index < -0.39 is 0 Å². The van der Waals surface area contributed by atoms with E-state index in [9.17, 15) is 4.79 Å². The van der Waals surface area contributed by atoms with Gasteiger partial charge >= 0.3 is 0 Å².